The van der Waals surface area contributed by atoms with Crippen LogP contribution in [-0.2, 0) is 16.0 Å². The number of imidazole rings is 1. The van der Waals surface area contributed by atoms with Crippen molar-refractivity contribution in [2.24, 2.45) is 5.92 Å². The zero-order valence-corrected chi connectivity index (χ0v) is 13.1. The molecule has 0 aliphatic carbocycles. The van der Waals surface area contributed by atoms with Crippen LogP contribution in [-0.4, -0.2) is 22.6 Å². The molecule has 5 heteroatoms. The van der Waals surface area contributed by atoms with E-state index >= 15 is 0 Å². The van der Waals surface area contributed by atoms with Gasteiger partial charge in [0.15, 0.2) is 0 Å². The standard InChI is InChI=1S/C16H23N3O2/c1-5-6-14-18-12-9-11(17)7-8-13(12)19(14)15(10(2)3)16(20)21-4/h7-10,15H,5-6,17H2,1-4H3. The smallest absolute Gasteiger partial charge is 0.329 e. The lowest BCUT2D eigenvalue weighted by atomic mass is 10.0. The maximum Gasteiger partial charge on any atom is 0.329 e. The normalized spacial score (nSPS) is 12.8. The molecule has 0 amide bonds. The third-order valence-corrected chi connectivity index (χ3v) is 3.61. The molecule has 1 heterocycles. The summed E-state index contributed by atoms with van der Waals surface area (Å²) in [6.45, 7) is 6.13. The summed E-state index contributed by atoms with van der Waals surface area (Å²) < 4.78 is 7.00. The molecule has 0 radical (unpaired) electrons. The monoisotopic (exact) mass is 289 g/mol. The summed E-state index contributed by atoms with van der Waals surface area (Å²) in [6, 6.07) is 5.24. The fourth-order valence-corrected chi connectivity index (χ4v) is 2.67. The van der Waals surface area contributed by atoms with E-state index in [9.17, 15) is 4.79 Å². The van der Waals surface area contributed by atoms with Gasteiger partial charge in [0.25, 0.3) is 0 Å². The van der Waals surface area contributed by atoms with Crippen LogP contribution in [0.15, 0.2) is 18.2 Å². The summed E-state index contributed by atoms with van der Waals surface area (Å²) in [5, 5.41) is 0. The molecular weight excluding hydrogens is 266 g/mol. The molecule has 1 aromatic carbocycles. The molecule has 0 fully saturated rings. The second kappa shape index (κ2) is 6.16. The van der Waals surface area contributed by atoms with E-state index in [0.29, 0.717) is 5.69 Å². The second-order valence-electron chi connectivity index (χ2n) is 5.61. The summed E-state index contributed by atoms with van der Waals surface area (Å²) in [7, 11) is 1.42. The minimum atomic E-state index is -0.370. The number of fused-ring (bicyclic) bond motifs is 1. The molecule has 0 aliphatic rings. The van der Waals surface area contributed by atoms with Gasteiger partial charge in [0.2, 0.25) is 0 Å². The molecule has 0 aliphatic heterocycles. The Morgan fingerprint density at radius 3 is 2.71 bits per heavy atom. The van der Waals surface area contributed by atoms with Gasteiger partial charge in [-0.15, -0.1) is 0 Å². The molecule has 0 spiro atoms. The number of nitrogen functional groups attached to an aromatic ring is 1. The van der Waals surface area contributed by atoms with Crippen LogP contribution >= 0.6 is 0 Å². The average molecular weight is 289 g/mol. The summed E-state index contributed by atoms with van der Waals surface area (Å²) in [4.78, 5) is 16.9. The van der Waals surface area contributed by atoms with Gasteiger partial charge in [-0.3, -0.25) is 0 Å². The number of methoxy groups -OCH3 is 1. The van der Waals surface area contributed by atoms with Crippen molar-refractivity contribution in [3.8, 4) is 0 Å². The van der Waals surface area contributed by atoms with Gasteiger partial charge in [-0.25, -0.2) is 9.78 Å². The van der Waals surface area contributed by atoms with Gasteiger partial charge < -0.3 is 15.0 Å². The van der Waals surface area contributed by atoms with Gasteiger partial charge >= 0.3 is 5.97 Å². The number of rotatable bonds is 5. The Morgan fingerprint density at radius 1 is 1.43 bits per heavy atom. The Balaban J connectivity index is 2.68. The summed E-state index contributed by atoms with van der Waals surface area (Å²) in [5.41, 5.74) is 8.27. The molecule has 2 N–H and O–H groups in total. The van der Waals surface area contributed by atoms with Crippen LogP contribution in [0.1, 0.15) is 39.1 Å². The average Bonchev–Trinajstić information content (AvgIpc) is 2.76. The van der Waals surface area contributed by atoms with Crippen LogP contribution in [0.5, 0.6) is 0 Å². The van der Waals surface area contributed by atoms with Crippen molar-refractivity contribution in [2.75, 3.05) is 12.8 Å². The van der Waals surface area contributed by atoms with Crippen molar-refractivity contribution in [3.63, 3.8) is 0 Å². The number of esters is 1. The lowest BCUT2D eigenvalue weighted by Crippen LogP contribution is -2.27. The number of hydrogen-bond acceptors (Lipinski definition) is 4. The van der Waals surface area contributed by atoms with Crippen LogP contribution in [0.3, 0.4) is 0 Å². The SMILES string of the molecule is CCCc1nc2cc(N)ccc2n1C(C(=O)OC)C(C)C. The number of hydrogen-bond donors (Lipinski definition) is 1. The molecule has 0 saturated carbocycles. The maximum atomic E-state index is 12.2. The topological polar surface area (TPSA) is 70.1 Å². The first-order chi connectivity index (χ1) is 9.99. The van der Waals surface area contributed by atoms with Crippen molar-refractivity contribution >= 4 is 22.7 Å². The molecule has 0 saturated heterocycles. The number of nitrogens with two attached hydrogens (primary N) is 1. The van der Waals surface area contributed by atoms with Crippen molar-refractivity contribution in [2.45, 2.75) is 39.7 Å². The van der Waals surface area contributed by atoms with Crippen molar-refractivity contribution in [1.82, 2.24) is 9.55 Å². The van der Waals surface area contributed by atoms with E-state index in [1.54, 1.807) is 0 Å². The first-order valence-corrected chi connectivity index (χ1v) is 7.33. The van der Waals surface area contributed by atoms with E-state index in [-0.39, 0.29) is 17.9 Å². The third kappa shape index (κ3) is 2.86. The summed E-state index contributed by atoms with van der Waals surface area (Å²) in [6.07, 6.45) is 1.78. The predicted octanol–water partition coefficient (Wildman–Crippen LogP) is 2.94. The van der Waals surface area contributed by atoms with E-state index in [0.717, 1.165) is 29.7 Å². The Bertz CT molecular complexity index is 646. The van der Waals surface area contributed by atoms with Crippen LogP contribution in [0, 0.1) is 5.92 Å². The Labute approximate surface area is 125 Å². The lowest BCUT2D eigenvalue weighted by Gasteiger charge is -2.23. The molecular formula is C16H23N3O2. The molecule has 5 nitrogen and oxygen atoms in total. The van der Waals surface area contributed by atoms with E-state index in [4.69, 9.17) is 10.5 Å². The molecule has 1 aromatic heterocycles. The molecule has 2 aromatic rings. The number of aromatic nitrogens is 2. The highest BCUT2D eigenvalue weighted by atomic mass is 16.5. The molecule has 2 rings (SSSR count). The van der Waals surface area contributed by atoms with Crippen LogP contribution in [0.4, 0.5) is 5.69 Å². The maximum absolute atomic E-state index is 12.2. The molecule has 114 valence electrons. The zero-order valence-electron chi connectivity index (χ0n) is 13.1. The van der Waals surface area contributed by atoms with Crippen molar-refractivity contribution < 1.29 is 9.53 Å². The minimum Gasteiger partial charge on any atom is -0.467 e. The van der Waals surface area contributed by atoms with E-state index in [2.05, 4.69) is 11.9 Å². The quantitative estimate of drug-likeness (QED) is 0.678. The van der Waals surface area contributed by atoms with Crippen molar-refractivity contribution in [1.29, 1.82) is 0 Å². The molecule has 1 atom stereocenters. The van der Waals surface area contributed by atoms with Gasteiger partial charge in [0.1, 0.15) is 11.9 Å². The van der Waals surface area contributed by atoms with E-state index in [1.807, 2.05) is 36.6 Å². The van der Waals surface area contributed by atoms with Gasteiger partial charge in [0.05, 0.1) is 18.1 Å². The van der Waals surface area contributed by atoms with Crippen LogP contribution < -0.4 is 5.73 Å². The zero-order chi connectivity index (χ0) is 15.6. The number of benzene rings is 1. The Morgan fingerprint density at radius 2 is 2.14 bits per heavy atom. The van der Waals surface area contributed by atoms with Gasteiger partial charge in [-0.05, 0) is 30.5 Å². The Hall–Kier alpha value is -2.04. The van der Waals surface area contributed by atoms with Crippen LogP contribution in [0.2, 0.25) is 0 Å². The number of ether oxygens (including phenoxy) is 1. The number of carbonyl (C=O) groups is 1. The van der Waals surface area contributed by atoms with E-state index < -0.39 is 0 Å². The molecule has 0 bridgehead atoms. The number of aryl methyl sites for hydroxylation is 1. The number of carbonyl (C=O) groups excluding carboxylic acids is 1. The lowest BCUT2D eigenvalue weighted by molar-refractivity contribution is -0.146. The fourth-order valence-electron chi connectivity index (χ4n) is 2.67. The summed E-state index contributed by atoms with van der Waals surface area (Å²) >= 11 is 0. The highest BCUT2D eigenvalue weighted by Crippen LogP contribution is 2.29. The predicted molar refractivity (Wildman–Crippen MR) is 84.0 cm³/mol. The Kier molecular flexibility index (Phi) is 4.50. The highest BCUT2D eigenvalue weighted by Gasteiger charge is 2.28. The first kappa shape index (κ1) is 15.4. The fraction of sp³-hybridized carbons (Fsp3) is 0.500. The highest BCUT2D eigenvalue weighted by molar-refractivity contribution is 5.83. The minimum absolute atomic E-state index is 0.114. The summed E-state index contributed by atoms with van der Waals surface area (Å²) in [5.74, 6) is 0.781. The molecule has 21 heavy (non-hydrogen) atoms. The van der Waals surface area contributed by atoms with Gasteiger partial charge in [-0.2, -0.15) is 0 Å². The second-order valence-corrected chi connectivity index (χ2v) is 5.61. The van der Waals surface area contributed by atoms with E-state index in [1.165, 1.54) is 7.11 Å². The van der Waals surface area contributed by atoms with Gasteiger partial charge in [0, 0.05) is 12.1 Å². The first-order valence-electron chi connectivity index (χ1n) is 7.33. The number of nitrogens with zero attached hydrogens (tertiary/aromatic N) is 2. The van der Waals surface area contributed by atoms with Crippen molar-refractivity contribution in [3.05, 3.63) is 24.0 Å². The van der Waals surface area contributed by atoms with Crippen LogP contribution in [0.25, 0.3) is 11.0 Å². The molecule has 1 unspecified atom stereocenters. The third-order valence-electron chi connectivity index (χ3n) is 3.61. The largest absolute Gasteiger partial charge is 0.467 e. The van der Waals surface area contributed by atoms with Gasteiger partial charge in [-0.1, -0.05) is 20.8 Å². The number of anilines is 1.